The summed E-state index contributed by atoms with van der Waals surface area (Å²) < 4.78 is 16.9. The second-order valence-corrected chi connectivity index (χ2v) is 5.08. The van der Waals surface area contributed by atoms with Gasteiger partial charge >= 0.3 is 5.97 Å². The molecular weight excluding hydrogens is 243 g/mol. The van der Waals surface area contributed by atoms with Crippen LogP contribution in [0.1, 0.15) is 77.6 Å². The minimum Gasteiger partial charge on any atom is -0.460 e. The number of hydrogen-bond donors (Lipinski definition) is 0. The summed E-state index contributed by atoms with van der Waals surface area (Å²) >= 11 is 0. The minimum atomic E-state index is -1.01. The van der Waals surface area contributed by atoms with Crippen molar-refractivity contribution >= 4 is 5.97 Å². The Labute approximate surface area is 117 Å². The third kappa shape index (κ3) is 13.4. The van der Waals surface area contributed by atoms with Gasteiger partial charge in [-0.15, -0.1) is 0 Å². The van der Waals surface area contributed by atoms with E-state index in [9.17, 15) is 9.18 Å². The maximum Gasteiger partial charge on any atom is 0.366 e. The molecule has 0 aliphatic carbocycles. The van der Waals surface area contributed by atoms with Crippen LogP contribution in [0.5, 0.6) is 0 Å². The molecule has 3 heteroatoms. The fourth-order valence-corrected chi connectivity index (χ4v) is 2.01. The van der Waals surface area contributed by atoms with Crippen LogP contribution < -0.4 is 0 Å². The summed E-state index contributed by atoms with van der Waals surface area (Å²) in [5.74, 6) is -1.94. The van der Waals surface area contributed by atoms with Crippen molar-refractivity contribution < 1.29 is 13.9 Å². The van der Waals surface area contributed by atoms with Crippen molar-refractivity contribution in [3.8, 4) is 0 Å². The average molecular weight is 272 g/mol. The molecule has 0 aliphatic heterocycles. The smallest absolute Gasteiger partial charge is 0.366 e. The number of esters is 1. The first-order chi connectivity index (χ1) is 9.18. The maximum absolute atomic E-state index is 12.3. The fourth-order valence-electron chi connectivity index (χ4n) is 2.01. The molecule has 0 radical (unpaired) electrons. The van der Waals surface area contributed by atoms with Crippen molar-refractivity contribution in [2.75, 3.05) is 6.61 Å². The lowest BCUT2D eigenvalue weighted by Crippen LogP contribution is -2.05. The van der Waals surface area contributed by atoms with Crippen LogP contribution in [-0.2, 0) is 9.53 Å². The molecule has 0 saturated carbocycles. The van der Waals surface area contributed by atoms with Crippen LogP contribution in [0.2, 0.25) is 0 Å². The van der Waals surface area contributed by atoms with Gasteiger partial charge in [0.2, 0.25) is 5.83 Å². The van der Waals surface area contributed by atoms with E-state index in [1.807, 2.05) is 0 Å². The van der Waals surface area contributed by atoms with Gasteiger partial charge in [-0.2, -0.15) is 4.39 Å². The van der Waals surface area contributed by atoms with Crippen molar-refractivity contribution in [3.63, 3.8) is 0 Å². The average Bonchev–Trinajstić information content (AvgIpc) is 2.39. The first-order valence-corrected chi connectivity index (χ1v) is 7.70. The number of ether oxygens (including phenoxy) is 1. The predicted octanol–water partition coefficient (Wildman–Crippen LogP) is 5.32. The van der Waals surface area contributed by atoms with Crippen LogP contribution in [-0.4, -0.2) is 12.6 Å². The van der Waals surface area contributed by atoms with E-state index in [0.717, 1.165) is 12.8 Å². The van der Waals surface area contributed by atoms with Gasteiger partial charge in [0.15, 0.2) is 0 Å². The number of halogens is 1. The van der Waals surface area contributed by atoms with Crippen LogP contribution >= 0.6 is 0 Å². The number of carbonyl (C=O) groups excluding carboxylic acids is 1. The van der Waals surface area contributed by atoms with Crippen LogP contribution in [0.25, 0.3) is 0 Å². The Morgan fingerprint density at radius 3 is 1.74 bits per heavy atom. The van der Waals surface area contributed by atoms with Crippen molar-refractivity contribution in [1.29, 1.82) is 0 Å². The molecule has 0 heterocycles. The first-order valence-electron chi connectivity index (χ1n) is 7.70. The largest absolute Gasteiger partial charge is 0.460 e. The monoisotopic (exact) mass is 272 g/mol. The molecule has 0 rings (SSSR count). The van der Waals surface area contributed by atoms with E-state index in [2.05, 4.69) is 18.2 Å². The SMILES string of the molecule is C=C(F)C(=O)OCCCCCCCCCCCCC. The van der Waals surface area contributed by atoms with Crippen LogP contribution in [0, 0.1) is 0 Å². The number of rotatable bonds is 13. The lowest BCUT2D eigenvalue weighted by Gasteiger charge is -2.03. The molecule has 19 heavy (non-hydrogen) atoms. The van der Waals surface area contributed by atoms with Crippen molar-refractivity contribution in [2.24, 2.45) is 0 Å². The van der Waals surface area contributed by atoms with Crippen LogP contribution in [0.4, 0.5) is 4.39 Å². The molecule has 112 valence electrons. The third-order valence-electron chi connectivity index (χ3n) is 3.20. The molecule has 0 fully saturated rings. The van der Waals surface area contributed by atoms with Gasteiger partial charge in [0, 0.05) is 0 Å². The Balaban J connectivity index is 3.07. The van der Waals surface area contributed by atoms with Gasteiger partial charge in [0.25, 0.3) is 0 Å². The number of unbranched alkanes of at least 4 members (excludes halogenated alkanes) is 10. The highest BCUT2D eigenvalue weighted by molar-refractivity contribution is 5.85. The predicted molar refractivity (Wildman–Crippen MR) is 77.7 cm³/mol. The summed E-state index contributed by atoms with van der Waals surface area (Å²) in [6.07, 6.45) is 13.7. The van der Waals surface area contributed by atoms with E-state index in [-0.39, 0.29) is 0 Å². The highest BCUT2D eigenvalue weighted by Crippen LogP contribution is 2.11. The van der Waals surface area contributed by atoms with Crippen molar-refractivity contribution in [1.82, 2.24) is 0 Å². The van der Waals surface area contributed by atoms with Gasteiger partial charge in [-0.1, -0.05) is 77.7 Å². The van der Waals surface area contributed by atoms with Crippen molar-refractivity contribution in [3.05, 3.63) is 12.4 Å². The summed E-state index contributed by atoms with van der Waals surface area (Å²) in [6.45, 7) is 5.43. The van der Waals surface area contributed by atoms with Gasteiger partial charge in [-0.05, 0) is 6.42 Å². The molecule has 0 N–H and O–H groups in total. The molecule has 0 unspecified atom stereocenters. The Morgan fingerprint density at radius 1 is 0.895 bits per heavy atom. The normalized spacial score (nSPS) is 10.4. The second-order valence-electron chi connectivity index (χ2n) is 5.08. The zero-order chi connectivity index (χ0) is 14.3. The highest BCUT2D eigenvalue weighted by Gasteiger charge is 2.05. The van der Waals surface area contributed by atoms with Crippen LogP contribution in [0.15, 0.2) is 12.4 Å². The summed E-state index contributed by atoms with van der Waals surface area (Å²) in [7, 11) is 0. The van der Waals surface area contributed by atoms with E-state index in [0.29, 0.717) is 6.61 Å². The summed E-state index contributed by atoms with van der Waals surface area (Å²) in [5, 5.41) is 0. The third-order valence-corrected chi connectivity index (χ3v) is 3.20. The van der Waals surface area contributed by atoms with E-state index < -0.39 is 11.8 Å². The summed E-state index contributed by atoms with van der Waals surface area (Å²) in [6, 6.07) is 0. The van der Waals surface area contributed by atoms with Crippen molar-refractivity contribution in [2.45, 2.75) is 77.6 Å². The molecule has 0 aliphatic rings. The van der Waals surface area contributed by atoms with Gasteiger partial charge in [-0.3, -0.25) is 0 Å². The maximum atomic E-state index is 12.3. The Hall–Kier alpha value is -0.860. The van der Waals surface area contributed by atoms with E-state index in [1.165, 1.54) is 57.8 Å². The molecule has 0 amide bonds. The van der Waals surface area contributed by atoms with Gasteiger partial charge in [0.1, 0.15) is 0 Å². The Kier molecular flexibility index (Phi) is 13.0. The Morgan fingerprint density at radius 2 is 1.32 bits per heavy atom. The number of carbonyl (C=O) groups is 1. The lowest BCUT2D eigenvalue weighted by atomic mass is 10.1. The van der Waals surface area contributed by atoms with E-state index in [1.54, 1.807) is 0 Å². The fraction of sp³-hybridized carbons (Fsp3) is 0.812. The summed E-state index contributed by atoms with van der Waals surface area (Å²) in [4.78, 5) is 10.7. The standard InChI is InChI=1S/C16H29FO2/c1-3-4-5-6-7-8-9-10-11-12-13-14-19-16(18)15(2)17/h2-14H2,1H3. The van der Waals surface area contributed by atoms with Gasteiger partial charge in [0.05, 0.1) is 6.61 Å². The second kappa shape index (κ2) is 13.6. The van der Waals surface area contributed by atoms with Gasteiger partial charge < -0.3 is 4.74 Å². The summed E-state index contributed by atoms with van der Waals surface area (Å²) in [5.41, 5.74) is 0. The molecule has 0 atom stereocenters. The Bertz CT molecular complexity index is 239. The zero-order valence-electron chi connectivity index (χ0n) is 12.4. The number of hydrogen-bond acceptors (Lipinski definition) is 2. The highest BCUT2D eigenvalue weighted by atomic mass is 19.1. The minimum absolute atomic E-state index is 0.304. The van der Waals surface area contributed by atoms with Crippen LogP contribution in [0.3, 0.4) is 0 Å². The molecule has 0 aromatic carbocycles. The molecule has 0 aromatic heterocycles. The molecule has 0 bridgehead atoms. The zero-order valence-corrected chi connectivity index (χ0v) is 12.4. The molecule has 0 saturated heterocycles. The van der Waals surface area contributed by atoms with E-state index >= 15 is 0 Å². The topological polar surface area (TPSA) is 26.3 Å². The molecule has 0 spiro atoms. The first kappa shape index (κ1) is 18.1. The van der Waals surface area contributed by atoms with Gasteiger partial charge in [-0.25, -0.2) is 4.79 Å². The quantitative estimate of drug-likeness (QED) is 0.257. The molecule has 0 aromatic rings. The van der Waals surface area contributed by atoms with E-state index in [4.69, 9.17) is 0 Å². The lowest BCUT2D eigenvalue weighted by molar-refractivity contribution is -0.140. The molecule has 2 nitrogen and oxygen atoms in total. The molecular formula is C16H29FO2.